The Morgan fingerprint density at radius 1 is 1.40 bits per heavy atom. The first kappa shape index (κ1) is 18.9. The number of halogens is 2. The van der Waals surface area contributed by atoms with E-state index in [1.807, 2.05) is 0 Å². The summed E-state index contributed by atoms with van der Waals surface area (Å²) in [4.78, 5) is 41.3. The van der Waals surface area contributed by atoms with E-state index in [4.69, 9.17) is 11.6 Å². The number of rotatable bonds is 6. The third-order valence-corrected chi connectivity index (χ3v) is 4.06. The molecule has 0 aliphatic carbocycles. The quantitative estimate of drug-likeness (QED) is 0.448. The van der Waals surface area contributed by atoms with Crippen molar-refractivity contribution in [1.82, 2.24) is 9.97 Å². The fraction of sp³-hybridized carbons (Fsp3) is 0.200. The van der Waals surface area contributed by atoms with Crippen LogP contribution in [-0.4, -0.2) is 34.7 Å². The van der Waals surface area contributed by atoms with Gasteiger partial charge in [0.05, 0.1) is 35.7 Å². The van der Waals surface area contributed by atoms with Gasteiger partial charge in [-0.3, -0.25) is 14.4 Å². The molecule has 0 saturated carbocycles. The number of hydrogen-bond acceptors (Lipinski definition) is 6. The third kappa shape index (κ3) is 5.87. The number of esters is 1. The van der Waals surface area contributed by atoms with Crippen LogP contribution >= 0.6 is 23.4 Å². The molecule has 1 aromatic heterocycles. The molecule has 0 radical (unpaired) electrons. The van der Waals surface area contributed by atoms with Crippen LogP contribution in [0, 0.1) is 5.82 Å². The van der Waals surface area contributed by atoms with Crippen LogP contribution in [0.1, 0.15) is 5.69 Å². The number of hydrogen-bond donors (Lipinski definition) is 2. The van der Waals surface area contributed by atoms with E-state index < -0.39 is 23.3 Å². The van der Waals surface area contributed by atoms with Crippen LogP contribution in [0.4, 0.5) is 10.1 Å². The van der Waals surface area contributed by atoms with Crippen molar-refractivity contribution in [2.24, 2.45) is 0 Å². The van der Waals surface area contributed by atoms with Crippen molar-refractivity contribution in [2.75, 3.05) is 18.2 Å². The molecule has 0 atom stereocenters. The third-order valence-electron chi connectivity index (χ3n) is 2.87. The summed E-state index contributed by atoms with van der Waals surface area (Å²) in [6, 6.07) is 4.78. The first-order valence-corrected chi connectivity index (χ1v) is 8.28. The maximum Gasteiger partial charge on any atom is 0.311 e. The van der Waals surface area contributed by atoms with E-state index in [0.717, 1.165) is 17.8 Å². The number of ether oxygens (including phenoxy) is 1. The summed E-state index contributed by atoms with van der Waals surface area (Å²) >= 11 is 6.80. The molecule has 0 unspecified atom stereocenters. The molecule has 10 heteroatoms. The summed E-state index contributed by atoms with van der Waals surface area (Å²) < 4.78 is 17.5. The van der Waals surface area contributed by atoms with E-state index in [1.165, 1.54) is 25.3 Å². The second-order valence-electron chi connectivity index (χ2n) is 4.76. The molecule has 0 fully saturated rings. The average molecular weight is 386 g/mol. The Bertz CT molecular complexity index is 859. The molecule has 132 valence electrons. The van der Waals surface area contributed by atoms with Crippen molar-refractivity contribution in [3.63, 3.8) is 0 Å². The summed E-state index contributed by atoms with van der Waals surface area (Å²) in [6.45, 7) is 0. The predicted octanol–water partition coefficient (Wildman–Crippen LogP) is 2.01. The van der Waals surface area contributed by atoms with Gasteiger partial charge in [-0.2, -0.15) is 0 Å². The largest absolute Gasteiger partial charge is 0.469 e. The van der Waals surface area contributed by atoms with Crippen LogP contribution < -0.4 is 10.9 Å². The van der Waals surface area contributed by atoms with Gasteiger partial charge in [0.1, 0.15) is 5.82 Å². The van der Waals surface area contributed by atoms with E-state index in [0.29, 0.717) is 0 Å². The van der Waals surface area contributed by atoms with Gasteiger partial charge in [0.15, 0.2) is 5.16 Å². The van der Waals surface area contributed by atoms with Gasteiger partial charge < -0.3 is 15.0 Å². The van der Waals surface area contributed by atoms with Gasteiger partial charge in [-0.25, -0.2) is 9.37 Å². The number of nitrogens with zero attached hydrogens (tertiary/aromatic N) is 1. The number of anilines is 1. The highest BCUT2D eigenvalue weighted by Crippen LogP contribution is 2.23. The Balaban J connectivity index is 1.99. The number of carbonyl (C=O) groups is 2. The van der Waals surface area contributed by atoms with Crippen molar-refractivity contribution in [1.29, 1.82) is 0 Å². The highest BCUT2D eigenvalue weighted by atomic mass is 35.5. The van der Waals surface area contributed by atoms with Crippen molar-refractivity contribution in [3.8, 4) is 0 Å². The summed E-state index contributed by atoms with van der Waals surface area (Å²) in [7, 11) is 1.23. The second-order valence-corrected chi connectivity index (χ2v) is 6.13. The van der Waals surface area contributed by atoms with E-state index >= 15 is 0 Å². The molecule has 2 aromatic rings. The maximum absolute atomic E-state index is 13.0. The number of H-pyrrole nitrogens is 1. The summed E-state index contributed by atoms with van der Waals surface area (Å²) in [5.74, 6) is -1.53. The Morgan fingerprint density at radius 2 is 2.16 bits per heavy atom. The molecule has 2 rings (SSSR count). The van der Waals surface area contributed by atoms with Crippen LogP contribution in [0.15, 0.2) is 34.2 Å². The predicted molar refractivity (Wildman–Crippen MR) is 91.3 cm³/mol. The zero-order valence-electron chi connectivity index (χ0n) is 13.0. The molecule has 0 saturated heterocycles. The molecule has 25 heavy (non-hydrogen) atoms. The Hall–Kier alpha value is -2.39. The Morgan fingerprint density at radius 3 is 2.84 bits per heavy atom. The lowest BCUT2D eigenvalue weighted by Gasteiger charge is -2.07. The van der Waals surface area contributed by atoms with Crippen LogP contribution in [0.25, 0.3) is 0 Å². The number of aromatic amines is 1. The van der Waals surface area contributed by atoms with Crippen molar-refractivity contribution >= 4 is 40.9 Å². The lowest BCUT2D eigenvalue weighted by atomic mass is 10.3. The van der Waals surface area contributed by atoms with Gasteiger partial charge in [-0.1, -0.05) is 23.4 Å². The van der Waals surface area contributed by atoms with Gasteiger partial charge in [-0.15, -0.1) is 0 Å². The minimum atomic E-state index is -0.530. The molecule has 0 aliphatic heterocycles. The Kier molecular flexibility index (Phi) is 6.54. The van der Waals surface area contributed by atoms with Crippen LogP contribution in [0.5, 0.6) is 0 Å². The van der Waals surface area contributed by atoms with Gasteiger partial charge in [-0.05, 0) is 18.2 Å². The molecule has 1 heterocycles. The van der Waals surface area contributed by atoms with Gasteiger partial charge in [0.25, 0.3) is 5.56 Å². The highest BCUT2D eigenvalue weighted by molar-refractivity contribution is 7.99. The van der Waals surface area contributed by atoms with E-state index in [2.05, 4.69) is 20.0 Å². The molecular weight excluding hydrogens is 373 g/mol. The number of nitrogens with one attached hydrogen (secondary N) is 2. The first-order valence-electron chi connectivity index (χ1n) is 6.92. The lowest BCUT2D eigenvalue weighted by molar-refractivity contribution is -0.139. The second kappa shape index (κ2) is 8.63. The van der Waals surface area contributed by atoms with Crippen molar-refractivity contribution in [3.05, 3.63) is 51.2 Å². The molecule has 2 N–H and O–H groups in total. The number of methoxy groups -OCH3 is 1. The van der Waals surface area contributed by atoms with Gasteiger partial charge >= 0.3 is 5.97 Å². The lowest BCUT2D eigenvalue weighted by Crippen LogP contribution is -2.17. The fourth-order valence-electron chi connectivity index (χ4n) is 1.77. The highest BCUT2D eigenvalue weighted by Gasteiger charge is 2.11. The molecule has 0 aliphatic rings. The van der Waals surface area contributed by atoms with Crippen molar-refractivity contribution < 1.29 is 18.7 Å². The summed E-state index contributed by atoms with van der Waals surface area (Å²) in [6.07, 6.45) is -0.147. The normalized spacial score (nSPS) is 10.4. The average Bonchev–Trinajstić information content (AvgIpc) is 2.55. The fourth-order valence-corrected chi connectivity index (χ4v) is 2.68. The topological polar surface area (TPSA) is 101 Å². The standard InChI is InChI=1S/C15H13ClFN3O4S/c1-24-14(23)6-9-5-12(21)20-15(18-9)25-7-13(22)19-11-3-2-8(17)4-10(11)16/h2-5H,6-7H2,1H3,(H,19,22)(H,18,20,21). The minimum absolute atomic E-state index is 0.0711. The minimum Gasteiger partial charge on any atom is -0.469 e. The SMILES string of the molecule is COC(=O)Cc1cc(=O)[nH]c(SCC(=O)Nc2ccc(F)cc2Cl)n1. The van der Waals surface area contributed by atoms with E-state index in [1.54, 1.807) is 0 Å². The van der Waals surface area contributed by atoms with E-state index in [9.17, 15) is 18.8 Å². The smallest absolute Gasteiger partial charge is 0.311 e. The number of thioether (sulfide) groups is 1. The zero-order chi connectivity index (χ0) is 18.4. The van der Waals surface area contributed by atoms with Gasteiger partial charge in [0.2, 0.25) is 5.91 Å². The van der Waals surface area contributed by atoms with Crippen LogP contribution in [0.2, 0.25) is 5.02 Å². The number of aromatic nitrogens is 2. The number of benzene rings is 1. The number of carbonyl (C=O) groups excluding carboxylic acids is 2. The molecule has 0 spiro atoms. The first-order chi connectivity index (χ1) is 11.9. The molecule has 1 aromatic carbocycles. The number of amides is 1. The maximum atomic E-state index is 13.0. The van der Waals surface area contributed by atoms with Crippen LogP contribution in [0.3, 0.4) is 0 Å². The molecular formula is C15H13ClFN3O4S. The summed E-state index contributed by atoms with van der Waals surface area (Å²) in [5.41, 5.74) is 0.0630. The Labute approximate surface area is 150 Å². The summed E-state index contributed by atoms with van der Waals surface area (Å²) in [5, 5.41) is 2.79. The van der Waals surface area contributed by atoms with Crippen molar-refractivity contribution in [2.45, 2.75) is 11.6 Å². The van der Waals surface area contributed by atoms with Crippen LogP contribution in [-0.2, 0) is 20.7 Å². The van der Waals surface area contributed by atoms with Gasteiger partial charge in [0, 0.05) is 6.07 Å². The molecule has 7 nitrogen and oxygen atoms in total. The van der Waals surface area contributed by atoms with E-state index in [-0.39, 0.29) is 33.7 Å². The monoisotopic (exact) mass is 385 g/mol. The molecule has 1 amide bonds. The molecule has 0 bridgehead atoms. The zero-order valence-corrected chi connectivity index (χ0v) is 14.5.